The Bertz CT molecular complexity index is 244. The molecule has 0 spiro atoms. The molecule has 0 atom stereocenters. The van der Waals surface area contributed by atoms with Gasteiger partial charge < -0.3 is 9.84 Å². The molecule has 0 aliphatic carbocycles. The molecule has 0 saturated carbocycles. The lowest BCUT2D eigenvalue weighted by Gasteiger charge is -1.98. The summed E-state index contributed by atoms with van der Waals surface area (Å²) in [5, 5.41) is 16.4. The average Bonchev–Trinajstić information content (AvgIpc) is 2.16. The van der Waals surface area contributed by atoms with Gasteiger partial charge in [0.2, 0.25) is 0 Å². The zero-order valence-corrected chi connectivity index (χ0v) is 8.57. The van der Waals surface area contributed by atoms with E-state index in [9.17, 15) is 9.59 Å². The molecule has 0 aliphatic heterocycles. The molecular weight excluding hydrogens is 198 g/mol. The monoisotopic (exact) mass is 213 g/mol. The number of esters is 1. The number of nitriles is 1. The average molecular weight is 213 g/mol. The number of rotatable bonds is 8. The van der Waals surface area contributed by atoms with Crippen LogP contribution in [0.25, 0.3) is 0 Å². The summed E-state index contributed by atoms with van der Waals surface area (Å²) < 4.78 is 4.09. The lowest BCUT2D eigenvalue weighted by molar-refractivity contribution is -0.138. The number of hydrogen-bond donors (Lipinski definition) is 1. The van der Waals surface area contributed by atoms with Gasteiger partial charge >= 0.3 is 11.9 Å². The van der Waals surface area contributed by atoms with Gasteiger partial charge in [0.1, 0.15) is 0 Å². The Balaban J connectivity index is 3.15. The first-order valence-electron chi connectivity index (χ1n) is 4.97. The van der Waals surface area contributed by atoms with Crippen molar-refractivity contribution in [1.82, 2.24) is 0 Å². The molecule has 1 N–H and O–H groups in total. The van der Waals surface area contributed by atoms with Crippen molar-refractivity contribution in [2.24, 2.45) is 0 Å². The Morgan fingerprint density at radius 1 is 1.07 bits per heavy atom. The lowest BCUT2D eigenvalue weighted by atomic mass is 10.1. The smallest absolute Gasteiger partial charge is 0.321 e. The SMILES string of the molecule is N#COC(=O)CCCCCCCC(=O)O. The van der Waals surface area contributed by atoms with Crippen molar-refractivity contribution in [1.29, 1.82) is 5.26 Å². The van der Waals surface area contributed by atoms with Gasteiger partial charge in [-0.1, -0.05) is 19.3 Å². The van der Waals surface area contributed by atoms with Crippen LogP contribution in [0.1, 0.15) is 44.9 Å². The fourth-order valence-electron chi connectivity index (χ4n) is 1.18. The van der Waals surface area contributed by atoms with E-state index in [0.717, 1.165) is 19.3 Å². The van der Waals surface area contributed by atoms with Crippen molar-refractivity contribution in [3.63, 3.8) is 0 Å². The van der Waals surface area contributed by atoms with Crippen LogP contribution in [0.3, 0.4) is 0 Å². The maximum Gasteiger partial charge on any atom is 0.321 e. The van der Waals surface area contributed by atoms with E-state index in [1.807, 2.05) is 0 Å². The molecule has 0 saturated heterocycles. The number of hydrogen-bond acceptors (Lipinski definition) is 4. The molecule has 0 radical (unpaired) electrons. The van der Waals surface area contributed by atoms with E-state index in [4.69, 9.17) is 10.4 Å². The lowest BCUT2D eigenvalue weighted by Crippen LogP contribution is -1.99. The number of carbonyl (C=O) groups is 2. The van der Waals surface area contributed by atoms with E-state index in [2.05, 4.69) is 4.74 Å². The molecule has 15 heavy (non-hydrogen) atoms. The highest BCUT2D eigenvalue weighted by molar-refractivity contribution is 5.70. The third kappa shape index (κ3) is 10.4. The minimum Gasteiger partial charge on any atom is -0.481 e. The molecule has 0 rings (SSSR count). The normalized spacial score (nSPS) is 9.27. The maximum absolute atomic E-state index is 10.7. The Kier molecular flexibility index (Phi) is 8.06. The molecule has 0 aromatic carbocycles. The number of ether oxygens (including phenoxy) is 1. The Hall–Kier alpha value is -1.57. The zero-order valence-electron chi connectivity index (χ0n) is 8.57. The zero-order chi connectivity index (χ0) is 11.5. The number of carbonyl (C=O) groups excluding carboxylic acids is 1. The van der Waals surface area contributed by atoms with E-state index in [1.165, 1.54) is 6.26 Å². The van der Waals surface area contributed by atoms with Gasteiger partial charge in [0.25, 0.3) is 6.26 Å². The van der Waals surface area contributed by atoms with Crippen LogP contribution in [-0.2, 0) is 14.3 Å². The van der Waals surface area contributed by atoms with E-state index in [-0.39, 0.29) is 12.8 Å². The molecule has 5 nitrogen and oxygen atoms in total. The molecule has 0 aromatic rings. The van der Waals surface area contributed by atoms with Crippen LogP contribution in [0, 0.1) is 11.5 Å². The Labute approximate surface area is 88.6 Å². The molecule has 0 fully saturated rings. The van der Waals surface area contributed by atoms with Crippen LogP contribution in [0.4, 0.5) is 0 Å². The van der Waals surface area contributed by atoms with Crippen molar-refractivity contribution in [3.05, 3.63) is 0 Å². The summed E-state index contributed by atoms with van der Waals surface area (Å²) >= 11 is 0. The third-order valence-corrected chi connectivity index (χ3v) is 1.93. The maximum atomic E-state index is 10.7. The van der Waals surface area contributed by atoms with Gasteiger partial charge in [0.05, 0.1) is 0 Å². The van der Waals surface area contributed by atoms with Crippen LogP contribution in [0.5, 0.6) is 0 Å². The summed E-state index contributed by atoms with van der Waals surface area (Å²) in [6, 6.07) is 0. The van der Waals surface area contributed by atoms with Gasteiger partial charge in [-0.25, -0.2) is 0 Å². The van der Waals surface area contributed by atoms with E-state index in [0.29, 0.717) is 12.8 Å². The fraction of sp³-hybridized carbons (Fsp3) is 0.700. The molecule has 0 aromatic heterocycles. The van der Waals surface area contributed by atoms with Gasteiger partial charge in [-0.05, 0) is 12.8 Å². The first-order valence-corrected chi connectivity index (χ1v) is 4.97. The van der Waals surface area contributed by atoms with Gasteiger partial charge in [0, 0.05) is 12.8 Å². The number of carboxylic acids is 1. The van der Waals surface area contributed by atoms with Gasteiger partial charge in [-0.3, -0.25) is 9.59 Å². The molecule has 84 valence electrons. The Morgan fingerprint density at radius 2 is 1.60 bits per heavy atom. The second kappa shape index (κ2) is 9.00. The van der Waals surface area contributed by atoms with Crippen LogP contribution < -0.4 is 0 Å². The van der Waals surface area contributed by atoms with Crippen molar-refractivity contribution in [3.8, 4) is 6.26 Å². The summed E-state index contributed by atoms with van der Waals surface area (Å²) in [6.07, 6.45) is 5.79. The highest BCUT2D eigenvalue weighted by Gasteiger charge is 2.01. The molecule has 0 heterocycles. The number of unbranched alkanes of at least 4 members (excludes halogenated alkanes) is 4. The van der Waals surface area contributed by atoms with Gasteiger partial charge in [-0.2, -0.15) is 0 Å². The standard InChI is InChI=1S/C10H15NO4/c11-8-15-10(14)7-5-3-1-2-4-6-9(12)13/h1-7H2,(H,12,13). The number of nitrogens with zero attached hydrogens (tertiary/aromatic N) is 1. The van der Waals surface area contributed by atoms with Crippen molar-refractivity contribution in [2.75, 3.05) is 0 Å². The highest BCUT2D eigenvalue weighted by atomic mass is 16.5. The first kappa shape index (κ1) is 13.4. The largest absolute Gasteiger partial charge is 0.481 e. The Morgan fingerprint density at radius 3 is 2.13 bits per heavy atom. The quantitative estimate of drug-likeness (QED) is 0.377. The predicted molar refractivity (Wildman–Crippen MR) is 51.7 cm³/mol. The minimum absolute atomic E-state index is 0.205. The van der Waals surface area contributed by atoms with Crippen molar-refractivity contribution < 1.29 is 19.4 Å². The fourth-order valence-corrected chi connectivity index (χ4v) is 1.18. The van der Waals surface area contributed by atoms with Crippen LogP contribution in [-0.4, -0.2) is 17.0 Å². The summed E-state index contributed by atoms with van der Waals surface area (Å²) in [5.41, 5.74) is 0. The van der Waals surface area contributed by atoms with Crippen LogP contribution >= 0.6 is 0 Å². The summed E-state index contributed by atoms with van der Waals surface area (Å²) in [7, 11) is 0. The summed E-state index contributed by atoms with van der Waals surface area (Å²) in [6.45, 7) is 0. The van der Waals surface area contributed by atoms with E-state index in [1.54, 1.807) is 0 Å². The molecule has 5 heteroatoms. The third-order valence-electron chi connectivity index (χ3n) is 1.93. The van der Waals surface area contributed by atoms with E-state index >= 15 is 0 Å². The molecule has 0 unspecified atom stereocenters. The van der Waals surface area contributed by atoms with Crippen LogP contribution in [0.15, 0.2) is 0 Å². The van der Waals surface area contributed by atoms with Crippen molar-refractivity contribution in [2.45, 2.75) is 44.9 Å². The number of aliphatic carboxylic acids is 1. The minimum atomic E-state index is -0.771. The molecule has 0 bridgehead atoms. The van der Waals surface area contributed by atoms with Gasteiger partial charge in [-0.15, -0.1) is 5.26 Å². The van der Waals surface area contributed by atoms with Gasteiger partial charge in [0.15, 0.2) is 0 Å². The van der Waals surface area contributed by atoms with E-state index < -0.39 is 11.9 Å². The molecule has 0 amide bonds. The second-order valence-electron chi connectivity index (χ2n) is 3.23. The second-order valence-corrected chi connectivity index (χ2v) is 3.23. The summed E-state index contributed by atoms with van der Waals surface area (Å²) in [5.74, 6) is -1.27. The predicted octanol–water partition coefficient (Wildman–Crippen LogP) is 1.83. The van der Waals surface area contributed by atoms with Crippen LogP contribution in [0.2, 0.25) is 0 Å². The molecular formula is C10H15NO4. The first-order chi connectivity index (χ1) is 7.16. The van der Waals surface area contributed by atoms with Crippen molar-refractivity contribution >= 4 is 11.9 Å². The highest BCUT2D eigenvalue weighted by Crippen LogP contribution is 2.07. The topological polar surface area (TPSA) is 87.4 Å². The number of carboxylic acid groups (broad SMARTS) is 1. The molecule has 0 aliphatic rings. The summed E-state index contributed by atoms with van der Waals surface area (Å²) in [4.78, 5) is 20.9.